The molecule has 0 radical (unpaired) electrons. The summed E-state index contributed by atoms with van der Waals surface area (Å²) in [6.45, 7) is 0. The van der Waals surface area contributed by atoms with E-state index in [-0.39, 0.29) is 10.6 Å². The minimum atomic E-state index is -3.45. The fraction of sp³-hybridized carbons (Fsp3) is 0.200. The molecule has 2 aromatic rings. The van der Waals surface area contributed by atoms with Crippen LogP contribution in [-0.4, -0.2) is 22.6 Å². The third-order valence-corrected chi connectivity index (χ3v) is 4.70. The lowest BCUT2D eigenvalue weighted by Gasteiger charge is -2.08. The Morgan fingerprint density at radius 2 is 1.57 bits per heavy atom. The Labute approximate surface area is 124 Å². The van der Waals surface area contributed by atoms with E-state index in [9.17, 15) is 8.42 Å². The number of hydrogen-bond acceptors (Lipinski definition) is 5. The number of nitrogen functional groups attached to an aromatic ring is 1. The summed E-state index contributed by atoms with van der Waals surface area (Å²) in [6, 6.07) is 11.2. The van der Waals surface area contributed by atoms with Crippen LogP contribution < -0.4 is 15.2 Å². The molecule has 112 valence electrons. The quantitative estimate of drug-likeness (QED) is 0.857. The first-order valence-electron chi connectivity index (χ1n) is 6.25. The van der Waals surface area contributed by atoms with Gasteiger partial charge in [-0.15, -0.1) is 0 Å². The Hall–Kier alpha value is -2.21. The molecule has 21 heavy (non-hydrogen) atoms. The number of anilines is 1. The second kappa shape index (κ2) is 6.05. The van der Waals surface area contributed by atoms with E-state index in [1.165, 1.54) is 26.4 Å². The number of ether oxygens (including phenoxy) is 2. The highest BCUT2D eigenvalue weighted by Gasteiger charge is 2.16. The van der Waals surface area contributed by atoms with Crippen molar-refractivity contribution in [2.75, 3.05) is 20.0 Å². The highest BCUT2D eigenvalue weighted by molar-refractivity contribution is 7.90. The van der Waals surface area contributed by atoms with Gasteiger partial charge in [0.25, 0.3) is 0 Å². The summed E-state index contributed by atoms with van der Waals surface area (Å²) in [4.78, 5) is 0.240. The largest absolute Gasteiger partial charge is 0.497 e. The maximum Gasteiger partial charge on any atom is 0.182 e. The molecule has 0 aromatic heterocycles. The molecule has 0 aliphatic carbocycles. The predicted molar refractivity (Wildman–Crippen MR) is 81.3 cm³/mol. The highest BCUT2D eigenvalue weighted by atomic mass is 32.2. The number of sulfone groups is 1. The summed E-state index contributed by atoms with van der Waals surface area (Å²) >= 11 is 0. The molecule has 5 nitrogen and oxygen atoms in total. The van der Waals surface area contributed by atoms with Gasteiger partial charge in [-0.25, -0.2) is 8.42 Å². The van der Waals surface area contributed by atoms with Crippen LogP contribution in [0.4, 0.5) is 5.69 Å². The van der Waals surface area contributed by atoms with E-state index < -0.39 is 9.84 Å². The van der Waals surface area contributed by atoms with E-state index in [0.717, 1.165) is 0 Å². The monoisotopic (exact) mass is 307 g/mol. The van der Waals surface area contributed by atoms with Gasteiger partial charge in [0.2, 0.25) is 0 Å². The molecule has 0 unspecified atom stereocenters. The van der Waals surface area contributed by atoms with Crippen LogP contribution in [0.1, 0.15) is 5.56 Å². The molecular weight excluding hydrogens is 290 g/mol. The van der Waals surface area contributed by atoms with Crippen molar-refractivity contribution >= 4 is 15.5 Å². The number of hydrogen-bond donors (Lipinski definition) is 1. The zero-order chi connectivity index (χ0) is 15.5. The summed E-state index contributed by atoms with van der Waals surface area (Å²) in [5.74, 6) is 1.01. The Morgan fingerprint density at radius 1 is 0.952 bits per heavy atom. The summed E-state index contributed by atoms with van der Waals surface area (Å²) in [5, 5.41) is 0. The first kappa shape index (κ1) is 15.2. The van der Waals surface area contributed by atoms with Crippen molar-refractivity contribution in [2.24, 2.45) is 0 Å². The first-order chi connectivity index (χ1) is 9.94. The molecule has 0 heterocycles. The van der Waals surface area contributed by atoms with Gasteiger partial charge < -0.3 is 15.2 Å². The molecule has 6 heteroatoms. The molecule has 0 aliphatic rings. The average Bonchev–Trinajstić information content (AvgIpc) is 2.46. The van der Waals surface area contributed by atoms with Crippen LogP contribution in [0.3, 0.4) is 0 Å². The Balaban J connectivity index is 2.30. The molecule has 0 spiro atoms. The number of benzene rings is 2. The summed E-state index contributed by atoms with van der Waals surface area (Å²) in [6.07, 6.45) is 0. The Morgan fingerprint density at radius 3 is 2.14 bits per heavy atom. The lowest BCUT2D eigenvalue weighted by Crippen LogP contribution is -2.05. The topological polar surface area (TPSA) is 78.6 Å². The van der Waals surface area contributed by atoms with E-state index in [0.29, 0.717) is 22.7 Å². The van der Waals surface area contributed by atoms with Gasteiger partial charge in [0, 0.05) is 11.8 Å². The van der Waals surface area contributed by atoms with Crippen molar-refractivity contribution in [1.29, 1.82) is 0 Å². The molecule has 2 aromatic carbocycles. The summed E-state index contributed by atoms with van der Waals surface area (Å²) in [7, 11) is -0.406. The Bertz CT molecular complexity index is 724. The van der Waals surface area contributed by atoms with Crippen molar-refractivity contribution in [2.45, 2.75) is 10.6 Å². The normalized spacial score (nSPS) is 11.1. The van der Waals surface area contributed by atoms with Gasteiger partial charge in [-0.2, -0.15) is 0 Å². The maximum absolute atomic E-state index is 12.4. The van der Waals surface area contributed by atoms with Crippen LogP contribution in [0, 0.1) is 0 Å². The molecular formula is C15H17NO4S. The van der Waals surface area contributed by atoms with E-state index in [1.54, 1.807) is 30.3 Å². The number of methoxy groups -OCH3 is 2. The molecule has 2 N–H and O–H groups in total. The van der Waals surface area contributed by atoms with E-state index in [2.05, 4.69) is 0 Å². The van der Waals surface area contributed by atoms with Gasteiger partial charge in [0.15, 0.2) is 9.84 Å². The second-order valence-corrected chi connectivity index (χ2v) is 6.54. The third-order valence-electron chi connectivity index (χ3n) is 3.00. The van der Waals surface area contributed by atoms with Crippen LogP contribution >= 0.6 is 0 Å². The number of nitrogens with two attached hydrogens (primary N) is 1. The van der Waals surface area contributed by atoms with Crippen LogP contribution in [0.5, 0.6) is 11.5 Å². The molecule has 0 saturated carbocycles. The van der Waals surface area contributed by atoms with Gasteiger partial charge in [-0.05, 0) is 42.0 Å². The minimum Gasteiger partial charge on any atom is -0.497 e. The minimum absolute atomic E-state index is 0.138. The second-order valence-electron chi connectivity index (χ2n) is 4.55. The lowest BCUT2D eigenvalue weighted by molar-refractivity contribution is 0.414. The maximum atomic E-state index is 12.4. The molecule has 0 atom stereocenters. The van der Waals surface area contributed by atoms with Crippen LogP contribution in [0.25, 0.3) is 0 Å². The van der Waals surface area contributed by atoms with Gasteiger partial charge in [-0.1, -0.05) is 0 Å². The van der Waals surface area contributed by atoms with Gasteiger partial charge in [-0.3, -0.25) is 0 Å². The molecule has 0 fully saturated rings. The zero-order valence-corrected chi connectivity index (χ0v) is 12.7. The summed E-state index contributed by atoms with van der Waals surface area (Å²) < 4.78 is 34.9. The van der Waals surface area contributed by atoms with Crippen molar-refractivity contribution < 1.29 is 17.9 Å². The van der Waals surface area contributed by atoms with Crippen LogP contribution in [-0.2, 0) is 15.6 Å². The van der Waals surface area contributed by atoms with Crippen molar-refractivity contribution in [3.8, 4) is 11.5 Å². The first-order valence-corrected chi connectivity index (χ1v) is 7.90. The highest BCUT2D eigenvalue weighted by Crippen LogP contribution is 2.24. The zero-order valence-electron chi connectivity index (χ0n) is 11.9. The SMILES string of the molecule is COc1ccc(S(=O)(=O)Cc2cc(N)cc(OC)c2)cc1. The van der Waals surface area contributed by atoms with E-state index in [4.69, 9.17) is 15.2 Å². The Kier molecular flexibility index (Phi) is 4.37. The lowest BCUT2D eigenvalue weighted by atomic mass is 10.2. The van der Waals surface area contributed by atoms with E-state index >= 15 is 0 Å². The third kappa shape index (κ3) is 3.66. The fourth-order valence-electron chi connectivity index (χ4n) is 1.97. The summed E-state index contributed by atoms with van der Waals surface area (Å²) in [5.41, 5.74) is 6.79. The van der Waals surface area contributed by atoms with E-state index in [1.807, 2.05) is 0 Å². The standard InChI is InChI=1S/C15H17NO4S/c1-19-13-3-5-15(6-4-13)21(17,18)10-11-7-12(16)9-14(8-11)20-2/h3-9H,10,16H2,1-2H3. The molecule has 0 bridgehead atoms. The molecule has 0 saturated heterocycles. The number of rotatable bonds is 5. The van der Waals surface area contributed by atoms with Gasteiger partial charge in [0.05, 0.1) is 24.9 Å². The van der Waals surface area contributed by atoms with Crippen molar-refractivity contribution in [3.63, 3.8) is 0 Å². The molecule has 0 aliphatic heterocycles. The smallest absolute Gasteiger partial charge is 0.182 e. The average molecular weight is 307 g/mol. The van der Waals surface area contributed by atoms with Gasteiger partial charge >= 0.3 is 0 Å². The molecule has 2 rings (SSSR count). The van der Waals surface area contributed by atoms with Crippen molar-refractivity contribution in [3.05, 3.63) is 48.0 Å². The van der Waals surface area contributed by atoms with Crippen molar-refractivity contribution in [1.82, 2.24) is 0 Å². The van der Waals surface area contributed by atoms with Crippen LogP contribution in [0.15, 0.2) is 47.4 Å². The molecule has 0 amide bonds. The fourth-order valence-corrected chi connectivity index (χ4v) is 3.30. The predicted octanol–water partition coefficient (Wildman–Crippen LogP) is 2.26. The van der Waals surface area contributed by atoms with Gasteiger partial charge in [0.1, 0.15) is 11.5 Å². The van der Waals surface area contributed by atoms with Crippen LogP contribution in [0.2, 0.25) is 0 Å².